The highest BCUT2D eigenvalue weighted by molar-refractivity contribution is 5.26. The Kier molecular flexibility index (Phi) is 3.95. The maximum absolute atomic E-state index is 6.34. The molecule has 1 atom stereocenters. The Morgan fingerprint density at radius 2 is 1.95 bits per heavy atom. The van der Waals surface area contributed by atoms with Gasteiger partial charge in [0.1, 0.15) is 0 Å². The molecule has 5 heteroatoms. The van der Waals surface area contributed by atoms with E-state index < -0.39 is 0 Å². The number of hydrogen-bond donors (Lipinski definition) is 1. The molecule has 5 nitrogen and oxygen atoms in total. The average molecular weight is 259 g/mol. The van der Waals surface area contributed by atoms with Gasteiger partial charge in [-0.2, -0.15) is 15.3 Å². The number of nitrogens with two attached hydrogens (primary N) is 1. The molecule has 1 unspecified atom stereocenters. The Labute approximate surface area is 113 Å². The lowest BCUT2D eigenvalue weighted by atomic mass is 10.00. The molecule has 0 spiro atoms. The molecule has 0 amide bonds. The second-order valence-corrected chi connectivity index (χ2v) is 4.95. The fraction of sp³-hybridized carbons (Fsp3) is 0.500. The molecular weight excluding hydrogens is 238 g/mol. The van der Waals surface area contributed by atoms with Gasteiger partial charge in [-0.15, -0.1) is 0 Å². The van der Waals surface area contributed by atoms with Crippen LogP contribution < -0.4 is 5.73 Å². The van der Waals surface area contributed by atoms with E-state index in [2.05, 4.69) is 28.3 Å². The van der Waals surface area contributed by atoms with Crippen LogP contribution in [0.25, 0.3) is 0 Å². The molecule has 0 saturated carbocycles. The molecule has 2 aromatic heterocycles. The van der Waals surface area contributed by atoms with Crippen molar-refractivity contribution in [2.24, 2.45) is 12.8 Å². The quantitative estimate of drug-likeness (QED) is 0.906. The van der Waals surface area contributed by atoms with Gasteiger partial charge in [0.05, 0.1) is 17.1 Å². The third kappa shape index (κ3) is 2.98. The van der Waals surface area contributed by atoms with E-state index in [1.165, 1.54) is 0 Å². The molecule has 0 fully saturated rings. The summed E-state index contributed by atoms with van der Waals surface area (Å²) in [5, 5.41) is 12.7. The second kappa shape index (κ2) is 5.48. The van der Waals surface area contributed by atoms with Crippen LogP contribution in [0.4, 0.5) is 0 Å². The van der Waals surface area contributed by atoms with Crippen LogP contribution in [0.3, 0.4) is 0 Å². The highest BCUT2D eigenvalue weighted by Crippen LogP contribution is 2.19. The van der Waals surface area contributed by atoms with Gasteiger partial charge in [-0.3, -0.25) is 4.68 Å². The normalized spacial score (nSPS) is 12.7. The van der Waals surface area contributed by atoms with Crippen molar-refractivity contribution in [2.45, 2.75) is 39.7 Å². The van der Waals surface area contributed by atoms with Gasteiger partial charge in [-0.1, -0.05) is 6.92 Å². The van der Waals surface area contributed by atoms with Crippen molar-refractivity contribution in [2.75, 3.05) is 0 Å². The van der Waals surface area contributed by atoms with Crippen molar-refractivity contribution in [1.29, 1.82) is 0 Å². The smallest absolute Gasteiger partial charge is 0.0676 e. The summed E-state index contributed by atoms with van der Waals surface area (Å²) in [7, 11) is 1.95. The summed E-state index contributed by atoms with van der Waals surface area (Å²) in [6.07, 6.45) is 1.61. The molecule has 0 radical (unpaired) electrons. The molecule has 102 valence electrons. The SMILES string of the molecule is CCc1nnc(C)cc1C(N)Cc1cc(C)nn1C. The minimum absolute atomic E-state index is 0.0704. The molecule has 2 heterocycles. The van der Waals surface area contributed by atoms with Crippen molar-refractivity contribution in [3.05, 3.63) is 40.5 Å². The zero-order chi connectivity index (χ0) is 14.0. The van der Waals surface area contributed by atoms with Gasteiger partial charge in [0.2, 0.25) is 0 Å². The highest BCUT2D eigenvalue weighted by atomic mass is 15.3. The lowest BCUT2D eigenvalue weighted by Gasteiger charge is -2.15. The van der Waals surface area contributed by atoms with Gasteiger partial charge in [-0.25, -0.2) is 0 Å². The lowest BCUT2D eigenvalue weighted by Crippen LogP contribution is -2.18. The first-order valence-corrected chi connectivity index (χ1v) is 6.59. The third-order valence-electron chi connectivity index (χ3n) is 3.29. The first-order chi connectivity index (χ1) is 9.01. The number of nitrogens with zero attached hydrogens (tertiary/aromatic N) is 4. The van der Waals surface area contributed by atoms with Crippen LogP contribution >= 0.6 is 0 Å². The monoisotopic (exact) mass is 259 g/mol. The Morgan fingerprint density at radius 3 is 2.53 bits per heavy atom. The predicted molar refractivity (Wildman–Crippen MR) is 74.7 cm³/mol. The van der Waals surface area contributed by atoms with Gasteiger partial charge in [-0.05, 0) is 38.0 Å². The van der Waals surface area contributed by atoms with Crippen LogP contribution in [0, 0.1) is 13.8 Å². The third-order valence-corrected chi connectivity index (χ3v) is 3.29. The summed E-state index contributed by atoms with van der Waals surface area (Å²) in [6, 6.07) is 4.05. The minimum Gasteiger partial charge on any atom is -0.324 e. The van der Waals surface area contributed by atoms with Crippen molar-refractivity contribution < 1.29 is 0 Å². The van der Waals surface area contributed by atoms with Crippen LogP contribution in [-0.2, 0) is 19.9 Å². The van der Waals surface area contributed by atoms with Gasteiger partial charge in [0, 0.05) is 25.2 Å². The Morgan fingerprint density at radius 1 is 1.21 bits per heavy atom. The van der Waals surface area contributed by atoms with Crippen molar-refractivity contribution in [1.82, 2.24) is 20.0 Å². The molecule has 0 aliphatic rings. The van der Waals surface area contributed by atoms with E-state index in [1.54, 1.807) is 0 Å². The Bertz CT molecular complexity index is 573. The zero-order valence-corrected chi connectivity index (χ0v) is 12.0. The highest BCUT2D eigenvalue weighted by Gasteiger charge is 2.15. The van der Waals surface area contributed by atoms with Gasteiger partial charge in [0.15, 0.2) is 0 Å². The summed E-state index contributed by atoms with van der Waals surface area (Å²) in [5.74, 6) is 0. The first-order valence-electron chi connectivity index (χ1n) is 6.59. The van der Waals surface area contributed by atoms with E-state index >= 15 is 0 Å². The van der Waals surface area contributed by atoms with Crippen LogP contribution in [0.2, 0.25) is 0 Å². The molecule has 0 aliphatic heterocycles. The van der Waals surface area contributed by atoms with E-state index in [0.717, 1.165) is 41.2 Å². The van der Waals surface area contributed by atoms with Crippen molar-refractivity contribution in [3.8, 4) is 0 Å². The number of aryl methyl sites for hydroxylation is 4. The van der Waals surface area contributed by atoms with Gasteiger partial charge < -0.3 is 5.73 Å². The molecule has 2 rings (SSSR count). The number of hydrogen-bond acceptors (Lipinski definition) is 4. The fourth-order valence-corrected chi connectivity index (χ4v) is 2.32. The van der Waals surface area contributed by atoms with Gasteiger partial charge in [0.25, 0.3) is 0 Å². The molecule has 0 bridgehead atoms. The van der Waals surface area contributed by atoms with Crippen LogP contribution in [0.5, 0.6) is 0 Å². The average Bonchev–Trinajstić information content (AvgIpc) is 2.67. The van der Waals surface area contributed by atoms with E-state index in [0.29, 0.717) is 0 Å². The minimum atomic E-state index is -0.0704. The largest absolute Gasteiger partial charge is 0.324 e. The maximum Gasteiger partial charge on any atom is 0.0676 e. The summed E-state index contributed by atoms with van der Waals surface area (Å²) in [5.41, 5.74) is 11.5. The Hall–Kier alpha value is -1.75. The fourth-order valence-electron chi connectivity index (χ4n) is 2.32. The van der Waals surface area contributed by atoms with Crippen LogP contribution in [0.15, 0.2) is 12.1 Å². The summed E-state index contributed by atoms with van der Waals surface area (Å²) < 4.78 is 1.89. The maximum atomic E-state index is 6.34. The first kappa shape index (κ1) is 13.7. The van der Waals surface area contributed by atoms with Gasteiger partial charge >= 0.3 is 0 Å². The summed E-state index contributed by atoms with van der Waals surface area (Å²) >= 11 is 0. The number of aromatic nitrogens is 4. The molecular formula is C14H21N5. The van der Waals surface area contributed by atoms with Crippen molar-refractivity contribution >= 4 is 0 Å². The molecule has 2 N–H and O–H groups in total. The molecule has 0 aromatic carbocycles. The topological polar surface area (TPSA) is 69.6 Å². The van der Waals surface area contributed by atoms with Crippen LogP contribution in [-0.4, -0.2) is 20.0 Å². The van der Waals surface area contributed by atoms with E-state index in [4.69, 9.17) is 5.73 Å². The lowest BCUT2D eigenvalue weighted by molar-refractivity contribution is 0.629. The van der Waals surface area contributed by atoms with E-state index in [-0.39, 0.29) is 6.04 Å². The molecule has 0 aliphatic carbocycles. The Balaban J connectivity index is 2.26. The van der Waals surface area contributed by atoms with E-state index in [9.17, 15) is 0 Å². The van der Waals surface area contributed by atoms with E-state index in [1.807, 2.05) is 31.6 Å². The van der Waals surface area contributed by atoms with Crippen LogP contribution in [0.1, 0.15) is 41.3 Å². The second-order valence-electron chi connectivity index (χ2n) is 4.95. The zero-order valence-electron chi connectivity index (χ0n) is 12.0. The predicted octanol–water partition coefficient (Wildman–Crippen LogP) is 1.63. The summed E-state index contributed by atoms with van der Waals surface area (Å²) in [6.45, 7) is 6.01. The molecule has 2 aromatic rings. The molecule has 19 heavy (non-hydrogen) atoms. The molecule has 0 saturated heterocycles. The number of rotatable bonds is 4. The summed E-state index contributed by atoms with van der Waals surface area (Å²) in [4.78, 5) is 0. The standard InChI is InChI=1S/C14H21N5/c1-5-14-12(7-9(2)16-17-14)13(15)8-11-6-10(3)18-19(11)4/h6-7,13H,5,8,15H2,1-4H3. The van der Waals surface area contributed by atoms with Crippen molar-refractivity contribution in [3.63, 3.8) is 0 Å².